The molecule has 0 aromatic heterocycles. The van der Waals surface area contributed by atoms with E-state index >= 15 is 0 Å². The summed E-state index contributed by atoms with van der Waals surface area (Å²) in [6, 6.07) is 15.2. The third-order valence-corrected chi connectivity index (χ3v) is 3.94. The van der Waals surface area contributed by atoms with Crippen LogP contribution in [-0.4, -0.2) is 6.61 Å². The Morgan fingerprint density at radius 2 is 1.84 bits per heavy atom. The molecule has 2 nitrogen and oxygen atoms in total. The molecule has 2 aromatic carbocycles. The van der Waals surface area contributed by atoms with Crippen molar-refractivity contribution in [1.29, 1.82) is 0 Å². The molecular formula is C22H28FNO. The van der Waals surface area contributed by atoms with Crippen LogP contribution in [-0.2, 0) is 4.74 Å². The van der Waals surface area contributed by atoms with E-state index in [9.17, 15) is 4.39 Å². The molecule has 2 aromatic rings. The van der Waals surface area contributed by atoms with Crippen molar-refractivity contribution in [2.75, 3.05) is 11.9 Å². The summed E-state index contributed by atoms with van der Waals surface area (Å²) in [7, 11) is 0. The predicted molar refractivity (Wildman–Crippen MR) is 103 cm³/mol. The first-order valence-electron chi connectivity index (χ1n) is 9.02. The van der Waals surface area contributed by atoms with Crippen LogP contribution in [0.5, 0.6) is 0 Å². The molecule has 0 amide bonds. The van der Waals surface area contributed by atoms with E-state index < -0.39 is 0 Å². The Kier molecular flexibility index (Phi) is 7.20. The van der Waals surface area contributed by atoms with E-state index in [1.54, 1.807) is 6.07 Å². The van der Waals surface area contributed by atoms with Gasteiger partial charge < -0.3 is 10.1 Å². The molecule has 3 rings (SSSR count). The summed E-state index contributed by atoms with van der Waals surface area (Å²) < 4.78 is 20.1. The molecule has 0 spiro atoms. The first-order chi connectivity index (χ1) is 12.1. The summed E-state index contributed by atoms with van der Waals surface area (Å²) in [5, 5.41) is 2.97. The number of halogens is 1. The Labute approximate surface area is 150 Å². The second-order valence-corrected chi connectivity index (χ2v) is 6.21. The maximum atomic E-state index is 14.0. The summed E-state index contributed by atoms with van der Waals surface area (Å²) >= 11 is 0. The maximum Gasteiger partial charge on any atom is 0.146 e. The highest BCUT2D eigenvalue weighted by Gasteiger charge is 2.24. The van der Waals surface area contributed by atoms with E-state index in [-0.39, 0.29) is 11.9 Å². The van der Waals surface area contributed by atoms with Gasteiger partial charge in [-0.25, -0.2) is 4.39 Å². The van der Waals surface area contributed by atoms with Crippen molar-refractivity contribution in [3.8, 4) is 0 Å². The maximum absolute atomic E-state index is 14.0. The standard InChI is InChI=1S/C20H22FNO.C2H6/c1-14(2)22-19-12-17(10-11-18(19)21)20(23-13-15-8-9-15)16-6-4-3-5-7-16;1-2/h3-7,10-12,15,20,22H,1,8-9,13H2,2H3;1-2H3. The summed E-state index contributed by atoms with van der Waals surface area (Å²) in [5.74, 6) is 0.389. The van der Waals surface area contributed by atoms with Gasteiger partial charge in [0, 0.05) is 5.70 Å². The lowest BCUT2D eigenvalue weighted by atomic mass is 10.0. The van der Waals surface area contributed by atoms with Crippen LogP contribution in [0.1, 0.15) is 50.8 Å². The molecule has 0 heterocycles. The van der Waals surface area contributed by atoms with E-state index in [1.807, 2.05) is 57.2 Å². The van der Waals surface area contributed by atoms with E-state index in [4.69, 9.17) is 4.74 Å². The van der Waals surface area contributed by atoms with Gasteiger partial charge in [-0.2, -0.15) is 0 Å². The van der Waals surface area contributed by atoms with Gasteiger partial charge in [0.15, 0.2) is 0 Å². The Bertz CT molecular complexity index is 680. The van der Waals surface area contributed by atoms with Crippen LogP contribution < -0.4 is 5.32 Å². The Morgan fingerprint density at radius 3 is 2.44 bits per heavy atom. The molecule has 1 saturated carbocycles. The Balaban J connectivity index is 0.00000109. The molecule has 1 N–H and O–H groups in total. The topological polar surface area (TPSA) is 21.3 Å². The van der Waals surface area contributed by atoms with Crippen molar-refractivity contribution in [1.82, 2.24) is 0 Å². The summed E-state index contributed by atoms with van der Waals surface area (Å²) in [4.78, 5) is 0. The highest BCUT2D eigenvalue weighted by atomic mass is 19.1. The molecule has 0 radical (unpaired) electrons. The van der Waals surface area contributed by atoms with Crippen LogP contribution in [0.3, 0.4) is 0 Å². The zero-order valence-electron chi connectivity index (χ0n) is 15.4. The van der Waals surface area contributed by atoms with Crippen LogP contribution in [0, 0.1) is 11.7 Å². The minimum Gasteiger partial charge on any atom is -0.368 e. The van der Waals surface area contributed by atoms with Crippen LogP contribution in [0.4, 0.5) is 10.1 Å². The number of rotatable bonds is 7. The van der Waals surface area contributed by atoms with Gasteiger partial charge in [-0.1, -0.05) is 56.8 Å². The van der Waals surface area contributed by atoms with Crippen molar-refractivity contribution < 1.29 is 9.13 Å². The fourth-order valence-corrected chi connectivity index (χ4v) is 2.56. The van der Waals surface area contributed by atoms with Crippen LogP contribution in [0.25, 0.3) is 0 Å². The minimum atomic E-state index is -0.286. The van der Waals surface area contributed by atoms with E-state index in [0.29, 0.717) is 17.3 Å². The highest BCUT2D eigenvalue weighted by molar-refractivity contribution is 5.52. The average Bonchev–Trinajstić information content (AvgIpc) is 3.44. The normalized spacial score (nSPS) is 14.2. The summed E-state index contributed by atoms with van der Waals surface area (Å²) in [5.41, 5.74) is 3.17. The Hall–Kier alpha value is -2.13. The van der Waals surface area contributed by atoms with Crippen molar-refractivity contribution in [2.45, 2.75) is 39.7 Å². The third-order valence-electron chi connectivity index (χ3n) is 3.94. The zero-order chi connectivity index (χ0) is 18.2. The number of benzene rings is 2. The molecule has 1 aliphatic carbocycles. The molecule has 0 saturated heterocycles. The second-order valence-electron chi connectivity index (χ2n) is 6.21. The molecule has 1 unspecified atom stereocenters. The zero-order valence-corrected chi connectivity index (χ0v) is 15.4. The van der Waals surface area contributed by atoms with Gasteiger partial charge in [0.1, 0.15) is 11.9 Å². The monoisotopic (exact) mass is 341 g/mol. The van der Waals surface area contributed by atoms with E-state index in [1.165, 1.54) is 18.9 Å². The lowest BCUT2D eigenvalue weighted by Gasteiger charge is -2.20. The van der Waals surface area contributed by atoms with Gasteiger partial charge in [-0.05, 0) is 48.9 Å². The van der Waals surface area contributed by atoms with Crippen LogP contribution >= 0.6 is 0 Å². The number of allylic oxidation sites excluding steroid dienone is 1. The number of anilines is 1. The fourth-order valence-electron chi connectivity index (χ4n) is 2.56. The lowest BCUT2D eigenvalue weighted by Crippen LogP contribution is -2.09. The van der Waals surface area contributed by atoms with Gasteiger partial charge >= 0.3 is 0 Å². The number of hydrogen-bond acceptors (Lipinski definition) is 2. The highest BCUT2D eigenvalue weighted by Crippen LogP contribution is 2.34. The van der Waals surface area contributed by atoms with E-state index in [0.717, 1.165) is 17.7 Å². The second kappa shape index (κ2) is 9.38. The van der Waals surface area contributed by atoms with Crippen LogP contribution in [0.2, 0.25) is 0 Å². The van der Waals surface area contributed by atoms with Gasteiger partial charge in [-0.3, -0.25) is 0 Å². The quantitative estimate of drug-likeness (QED) is 0.637. The van der Waals surface area contributed by atoms with Crippen LogP contribution in [0.15, 0.2) is 60.8 Å². The van der Waals surface area contributed by atoms with Crippen molar-refractivity contribution >= 4 is 5.69 Å². The minimum absolute atomic E-state index is 0.178. The molecule has 0 aliphatic heterocycles. The first-order valence-corrected chi connectivity index (χ1v) is 9.02. The van der Waals surface area contributed by atoms with Gasteiger partial charge in [0.05, 0.1) is 12.3 Å². The van der Waals surface area contributed by atoms with Crippen molar-refractivity contribution in [3.63, 3.8) is 0 Å². The van der Waals surface area contributed by atoms with Crippen molar-refractivity contribution in [2.24, 2.45) is 5.92 Å². The SMILES string of the molecule is C=C(C)Nc1cc(C(OCC2CC2)c2ccccc2)ccc1F.CC. The summed E-state index contributed by atoms with van der Waals surface area (Å²) in [6.07, 6.45) is 2.31. The van der Waals surface area contributed by atoms with Gasteiger partial charge in [0.25, 0.3) is 0 Å². The largest absolute Gasteiger partial charge is 0.368 e. The third kappa shape index (κ3) is 5.71. The smallest absolute Gasteiger partial charge is 0.146 e. The first kappa shape index (κ1) is 19.2. The lowest BCUT2D eigenvalue weighted by molar-refractivity contribution is 0.0718. The molecule has 0 bridgehead atoms. The number of hydrogen-bond donors (Lipinski definition) is 1. The molecule has 1 fully saturated rings. The van der Waals surface area contributed by atoms with E-state index in [2.05, 4.69) is 11.9 Å². The van der Waals surface area contributed by atoms with Crippen molar-refractivity contribution in [3.05, 3.63) is 77.8 Å². The average molecular weight is 341 g/mol. The molecular weight excluding hydrogens is 313 g/mol. The molecule has 134 valence electrons. The number of nitrogens with one attached hydrogen (secondary N) is 1. The predicted octanol–water partition coefficient (Wildman–Crippen LogP) is 6.31. The van der Waals surface area contributed by atoms with Gasteiger partial charge in [-0.15, -0.1) is 0 Å². The summed E-state index contributed by atoms with van der Waals surface area (Å²) in [6.45, 7) is 10.3. The van der Waals surface area contributed by atoms with Gasteiger partial charge in [0.2, 0.25) is 0 Å². The molecule has 1 atom stereocenters. The number of ether oxygens (including phenoxy) is 1. The molecule has 25 heavy (non-hydrogen) atoms. The fraction of sp³-hybridized carbons (Fsp3) is 0.364. The molecule has 1 aliphatic rings. The molecule has 3 heteroatoms. The Morgan fingerprint density at radius 1 is 1.16 bits per heavy atom.